The molecule has 6 rings (SSSR count). The predicted octanol–water partition coefficient (Wildman–Crippen LogP) is 4.15. The first-order valence-corrected chi connectivity index (χ1v) is 17.6. The van der Waals surface area contributed by atoms with Crippen LogP contribution in [0.25, 0.3) is 0 Å². The maximum Gasteiger partial charge on any atom is 0.187 e. The molecule has 4 aromatic rings. The van der Waals surface area contributed by atoms with Crippen molar-refractivity contribution in [2.45, 2.75) is 87.8 Å². The summed E-state index contributed by atoms with van der Waals surface area (Å²) in [5.74, 6) is 0. The lowest BCUT2D eigenvalue weighted by Crippen LogP contribution is -2.63. The molecule has 2 fully saturated rings. The van der Waals surface area contributed by atoms with E-state index in [4.69, 9.17) is 37.9 Å². The Bertz CT molecular complexity index is 1570. The number of rotatable bonds is 17. The maximum atomic E-state index is 11.1. The standard InChI is InChI=1S/C41H48O11/c1-45-40-39(49-26-31-20-12-5-13-21-31)38(48-25-30-18-10-4-11-19-30)36(46-23-28-14-6-2-7-15-28)33(52-40)27-50-41-37(35(44)34(43)32(22-42)51-41)47-24-29-16-8-3-9-17-29/h2-21,32-44H,22-27H2,1H3/t32-,33-,34-,35+,36-,37-,38+,39-,40+,41?/m1/s1. The van der Waals surface area contributed by atoms with Gasteiger partial charge in [-0.05, 0) is 22.3 Å². The average Bonchev–Trinajstić information content (AvgIpc) is 3.20. The van der Waals surface area contributed by atoms with Crippen LogP contribution in [0.15, 0.2) is 121 Å². The van der Waals surface area contributed by atoms with Gasteiger partial charge in [-0.15, -0.1) is 0 Å². The lowest BCUT2D eigenvalue weighted by Gasteiger charge is -2.46. The molecule has 278 valence electrons. The van der Waals surface area contributed by atoms with Crippen molar-refractivity contribution in [3.63, 3.8) is 0 Å². The minimum atomic E-state index is -1.40. The molecule has 11 heteroatoms. The van der Waals surface area contributed by atoms with E-state index < -0.39 is 68.0 Å². The van der Waals surface area contributed by atoms with Crippen molar-refractivity contribution in [2.24, 2.45) is 0 Å². The second kappa shape index (κ2) is 19.5. The molecule has 3 N–H and O–H groups in total. The monoisotopic (exact) mass is 716 g/mol. The number of hydrogen-bond acceptors (Lipinski definition) is 11. The van der Waals surface area contributed by atoms with E-state index >= 15 is 0 Å². The normalized spacial score (nSPS) is 29.2. The minimum Gasteiger partial charge on any atom is -0.394 e. The second-order valence-corrected chi connectivity index (χ2v) is 12.9. The number of aliphatic hydroxyl groups excluding tert-OH is 3. The first kappa shape index (κ1) is 38.2. The summed E-state index contributed by atoms with van der Waals surface area (Å²) in [6.07, 6.45) is -9.91. The van der Waals surface area contributed by atoms with Crippen molar-refractivity contribution >= 4 is 0 Å². The van der Waals surface area contributed by atoms with Gasteiger partial charge in [-0.1, -0.05) is 121 Å². The van der Waals surface area contributed by atoms with Crippen molar-refractivity contribution in [3.8, 4) is 0 Å². The molecule has 4 aromatic carbocycles. The Morgan fingerprint density at radius 2 is 0.865 bits per heavy atom. The zero-order valence-corrected chi connectivity index (χ0v) is 29.2. The number of ether oxygens (including phenoxy) is 8. The number of aliphatic hydroxyl groups is 3. The van der Waals surface area contributed by atoms with Gasteiger partial charge in [-0.25, -0.2) is 0 Å². The molecule has 0 spiro atoms. The Labute approximate surface area is 304 Å². The van der Waals surface area contributed by atoms with Gasteiger partial charge in [0, 0.05) is 7.11 Å². The number of methoxy groups -OCH3 is 1. The summed E-state index contributed by atoms with van der Waals surface area (Å²) >= 11 is 0. The Hall–Kier alpha value is -3.56. The summed E-state index contributed by atoms with van der Waals surface area (Å²) in [6.45, 7) is 0.300. The Balaban J connectivity index is 1.26. The molecule has 0 radical (unpaired) electrons. The van der Waals surface area contributed by atoms with Crippen LogP contribution in [0.3, 0.4) is 0 Å². The number of benzene rings is 4. The molecule has 0 aliphatic carbocycles. The molecule has 0 amide bonds. The third-order valence-corrected chi connectivity index (χ3v) is 9.21. The molecular formula is C41H48O11. The molecule has 2 heterocycles. The van der Waals surface area contributed by atoms with Gasteiger partial charge in [0.2, 0.25) is 0 Å². The summed E-state index contributed by atoms with van der Waals surface area (Å²) < 4.78 is 50.7. The fourth-order valence-corrected chi connectivity index (χ4v) is 6.39. The highest BCUT2D eigenvalue weighted by atomic mass is 16.7. The van der Waals surface area contributed by atoms with E-state index in [0.717, 1.165) is 22.3 Å². The van der Waals surface area contributed by atoms with Crippen LogP contribution in [-0.2, 0) is 64.3 Å². The molecule has 0 aromatic heterocycles. The van der Waals surface area contributed by atoms with Crippen LogP contribution in [-0.4, -0.2) is 97.1 Å². The SMILES string of the molecule is CO[C@H]1O[C@H](COC2O[C@H](CO)[C@@H](O)[C@H](O)[C@H]2OCc2ccccc2)[C@@H](OCc2ccccc2)[C@H](OCc2ccccc2)[C@H]1OCc1ccccc1. The van der Waals surface area contributed by atoms with Crippen molar-refractivity contribution in [2.75, 3.05) is 20.3 Å². The van der Waals surface area contributed by atoms with E-state index in [2.05, 4.69) is 0 Å². The third-order valence-electron chi connectivity index (χ3n) is 9.21. The first-order chi connectivity index (χ1) is 25.5. The fourth-order valence-electron chi connectivity index (χ4n) is 6.39. The van der Waals surface area contributed by atoms with Crippen molar-refractivity contribution in [1.82, 2.24) is 0 Å². The van der Waals surface area contributed by atoms with Crippen LogP contribution in [0.5, 0.6) is 0 Å². The van der Waals surface area contributed by atoms with Crippen LogP contribution in [0, 0.1) is 0 Å². The third kappa shape index (κ3) is 10.1. The highest BCUT2D eigenvalue weighted by Gasteiger charge is 2.51. The molecule has 0 bridgehead atoms. The smallest absolute Gasteiger partial charge is 0.187 e. The summed E-state index contributed by atoms with van der Waals surface area (Å²) in [4.78, 5) is 0. The fraction of sp³-hybridized carbons (Fsp3) is 0.415. The molecular weight excluding hydrogens is 668 g/mol. The van der Waals surface area contributed by atoms with Gasteiger partial charge >= 0.3 is 0 Å². The largest absolute Gasteiger partial charge is 0.394 e. The highest BCUT2D eigenvalue weighted by Crippen LogP contribution is 2.33. The molecule has 10 atom stereocenters. The van der Waals surface area contributed by atoms with Crippen LogP contribution in [0.1, 0.15) is 22.3 Å². The quantitative estimate of drug-likeness (QED) is 0.146. The predicted molar refractivity (Wildman–Crippen MR) is 189 cm³/mol. The summed E-state index contributed by atoms with van der Waals surface area (Å²) in [5, 5.41) is 31.8. The van der Waals surface area contributed by atoms with E-state index in [9.17, 15) is 15.3 Å². The van der Waals surface area contributed by atoms with Crippen LogP contribution >= 0.6 is 0 Å². The molecule has 2 saturated heterocycles. The van der Waals surface area contributed by atoms with Gasteiger partial charge in [-0.2, -0.15) is 0 Å². The maximum absolute atomic E-state index is 11.1. The van der Waals surface area contributed by atoms with Gasteiger partial charge in [0.25, 0.3) is 0 Å². The molecule has 1 unspecified atom stereocenters. The van der Waals surface area contributed by atoms with Crippen LogP contribution < -0.4 is 0 Å². The lowest BCUT2D eigenvalue weighted by molar-refractivity contribution is -0.345. The van der Waals surface area contributed by atoms with E-state index in [0.29, 0.717) is 0 Å². The summed E-state index contributed by atoms with van der Waals surface area (Å²) in [5.41, 5.74) is 3.75. The average molecular weight is 717 g/mol. The molecule has 0 saturated carbocycles. The van der Waals surface area contributed by atoms with E-state index in [1.807, 2.05) is 121 Å². The van der Waals surface area contributed by atoms with Gasteiger partial charge in [0.05, 0.1) is 39.6 Å². The van der Waals surface area contributed by atoms with E-state index in [1.165, 1.54) is 0 Å². The topological polar surface area (TPSA) is 135 Å². The molecule has 11 nitrogen and oxygen atoms in total. The molecule has 2 aliphatic rings. The Morgan fingerprint density at radius 3 is 1.31 bits per heavy atom. The Morgan fingerprint density at radius 1 is 0.462 bits per heavy atom. The summed E-state index contributed by atoms with van der Waals surface area (Å²) in [7, 11) is 1.54. The van der Waals surface area contributed by atoms with Gasteiger partial charge < -0.3 is 53.2 Å². The second-order valence-electron chi connectivity index (χ2n) is 12.9. The van der Waals surface area contributed by atoms with Gasteiger partial charge in [0.1, 0.15) is 48.8 Å². The van der Waals surface area contributed by atoms with Crippen LogP contribution in [0.2, 0.25) is 0 Å². The molecule has 52 heavy (non-hydrogen) atoms. The van der Waals surface area contributed by atoms with Crippen molar-refractivity contribution < 1.29 is 53.2 Å². The van der Waals surface area contributed by atoms with Gasteiger partial charge in [0.15, 0.2) is 12.6 Å². The number of hydrogen-bond donors (Lipinski definition) is 3. The first-order valence-electron chi connectivity index (χ1n) is 17.6. The van der Waals surface area contributed by atoms with E-state index in [1.54, 1.807) is 7.11 Å². The highest BCUT2D eigenvalue weighted by molar-refractivity contribution is 5.16. The van der Waals surface area contributed by atoms with Crippen LogP contribution in [0.4, 0.5) is 0 Å². The summed E-state index contributed by atoms with van der Waals surface area (Å²) in [6, 6.07) is 38.9. The van der Waals surface area contributed by atoms with Crippen molar-refractivity contribution in [1.29, 1.82) is 0 Å². The molecule has 2 aliphatic heterocycles. The minimum absolute atomic E-state index is 0.104. The van der Waals surface area contributed by atoms with E-state index in [-0.39, 0.29) is 33.0 Å². The van der Waals surface area contributed by atoms with Crippen molar-refractivity contribution in [3.05, 3.63) is 144 Å². The van der Waals surface area contributed by atoms with Gasteiger partial charge in [-0.3, -0.25) is 0 Å². The zero-order valence-electron chi connectivity index (χ0n) is 29.2. The zero-order chi connectivity index (χ0) is 36.1. The Kier molecular flexibility index (Phi) is 14.3. The lowest BCUT2D eigenvalue weighted by atomic mass is 9.97.